The lowest BCUT2D eigenvalue weighted by atomic mass is 10.0. The van der Waals surface area contributed by atoms with Crippen LogP contribution in [0.5, 0.6) is 0 Å². The van der Waals surface area contributed by atoms with E-state index in [0.717, 1.165) is 13.1 Å². The van der Waals surface area contributed by atoms with Gasteiger partial charge in [-0.15, -0.1) is 0 Å². The van der Waals surface area contributed by atoms with E-state index >= 15 is 0 Å². The summed E-state index contributed by atoms with van der Waals surface area (Å²) in [4.78, 5) is 2.61. The number of piperazine rings is 1. The Labute approximate surface area is 92.8 Å². The quantitative estimate of drug-likeness (QED) is 0.754. The third-order valence-electron chi connectivity index (χ3n) is 3.44. The van der Waals surface area contributed by atoms with Crippen molar-refractivity contribution in [2.45, 2.75) is 31.4 Å². The maximum Gasteiger partial charge on any atom is 0.0279 e. The average Bonchev–Trinajstić information content (AvgIpc) is 2.28. The molecule has 0 aromatic rings. The van der Waals surface area contributed by atoms with Crippen LogP contribution in [0.3, 0.4) is 0 Å². The van der Waals surface area contributed by atoms with E-state index in [4.69, 9.17) is 0 Å². The second-order valence-corrected chi connectivity index (χ2v) is 5.39. The van der Waals surface area contributed by atoms with Gasteiger partial charge >= 0.3 is 0 Å². The topological polar surface area (TPSA) is 15.3 Å². The van der Waals surface area contributed by atoms with Crippen molar-refractivity contribution in [3.63, 3.8) is 0 Å². The summed E-state index contributed by atoms with van der Waals surface area (Å²) in [7, 11) is 0. The van der Waals surface area contributed by atoms with Crippen molar-refractivity contribution < 1.29 is 0 Å². The second-order valence-electron chi connectivity index (χ2n) is 4.12. The Bertz CT molecular complexity index is 143. The largest absolute Gasteiger partial charge is 0.314 e. The molecule has 0 aromatic heterocycles. The first-order valence-electron chi connectivity index (χ1n) is 5.74. The van der Waals surface area contributed by atoms with Gasteiger partial charge in [0.1, 0.15) is 0 Å². The summed E-state index contributed by atoms with van der Waals surface area (Å²) in [6, 6.07) is 0. The minimum atomic E-state index is 0.497. The summed E-state index contributed by atoms with van der Waals surface area (Å²) < 4.78 is 0.497. The third kappa shape index (κ3) is 3.14. The molecule has 0 spiro atoms. The van der Waals surface area contributed by atoms with Gasteiger partial charge in [0.25, 0.3) is 0 Å². The predicted molar refractivity (Wildman–Crippen MR) is 66.1 cm³/mol. The zero-order valence-electron chi connectivity index (χ0n) is 9.81. The van der Waals surface area contributed by atoms with Gasteiger partial charge in [-0.25, -0.2) is 0 Å². The Morgan fingerprint density at radius 2 is 1.79 bits per heavy atom. The van der Waals surface area contributed by atoms with Gasteiger partial charge < -0.3 is 5.32 Å². The summed E-state index contributed by atoms with van der Waals surface area (Å²) in [5, 5.41) is 3.41. The number of hydrogen-bond donors (Lipinski definition) is 1. The molecule has 1 aliphatic rings. The molecule has 1 saturated heterocycles. The average molecular weight is 216 g/mol. The second kappa shape index (κ2) is 5.99. The summed E-state index contributed by atoms with van der Waals surface area (Å²) >= 11 is 2.05. The molecular formula is C11H24N2S. The monoisotopic (exact) mass is 216 g/mol. The fourth-order valence-corrected chi connectivity index (χ4v) is 2.99. The molecule has 1 fully saturated rings. The molecule has 0 amide bonds. The zero-order valence-corrected chi connectivity index (χ0v) is 10.6. The van der Waals surface area contributed by atoms with Crippen molar-refractivity contribution in [2.75, 3.05) is 39.0 Å². The highest BCUT2D eigenvalue weighted by Gasteiger charge is 2.28. The summed E-state index contributed by atoms with van der Waals surface area (Å²) in [5.74, 6) is 0. The Morgan fingerprint density at radius 1 is 1.21 bits per heavy atom. The van der Waals surface area contributed by atoms with Gasteiger partial charge in [0.2, 0.25) is 0 Å². The van der Waals surface area contributed by atoms with E-state index in [1.807, 2.05) is 11.8 Å². The van der Waals surface area contributed by atoms with Crippen molar-refractivity contribution in [1.82, 2.24) is 10.2 Å². The standard InChI is InChI=1S/C11H24N2S/c1-4-11(5-2,14-3)10-13-8-6-12-7-9-13/h12H,4-10H2,1-3H3. The minimum Gasteiger partial charge on any atom is -0.314 e. The van der Waals surface area contributed by atoms with Crippen molar-refractivity contribution in [3.8, 4) is 0 Å². The maximum absolute atomic E-state index is 3.41. The van der Waals surface area contributed by atoms with Gasteiger partial charge in [-0.3, -0.25) is 4.90 Å². The van der Waals surface area contributed by atoms with Crippen LogP contribution in [0, 0.1) is 0 Å². The maximum atomic E-state index is 3.41. The molecule has 0 saturated carbocycles. The molecule has 0 aromatic carbocycles. The van der Waals surface area contributed by atoms with Crippen LogP contribution >= 0.6 is 11.8 Å². The lowest BCUT2D eigenvalue weighted by Gasteiger charge is -2.37. The van der Waals surface area contributed by atoms with Crippen molar-refractivity contribution >= 4 is 11.8 Å². The Morgan fingerprint density at radius 3 is 2.21 bits per heavy atom. The fourth-order valence-electron chi connectivity index (χ4n) is 2.10. The SMILES string of the molecule is CCC(CC)(CN1CCNCC1)SC. The zero-order chi connectivity index (χ0) is 10.4. The van der Waals surface area contributed by atoms with Gasteiger partial charge in [0.05, 0.1) is 0 Å². The molecule has 84 valence electrons. The minimum absolute atomic E-state index is 0.497. The van der Waals surface area contributed by atoms with E-state index in [1.165, 1.54) is 32.5 Å². The molecule has 1 rings (SSSR count). The molecule has 0 radical (unpaired) electrons. The van der Waals surface area contributed by atoms with E-state index in [0.29, 0.717) is 4.75 Å². The molecule has 2 nitrogen and oxygen atoms in total. The highest BCUT2D eigenvalue weighted by molar-refractivity contribution is 8.00. The summed E-state index contributed by atoms with van der Waals surface area (Å²) in [6.07, 6.45) is 4.83. The third-order valence-corrected chi connectivity index (χ3v) is 5.02. The van der Waals surface area contributed by atoms with Crippen LogP contribution in [-0.4, -0.2) is 48.6 Å². The normalized spacial score (nSPS) is 19.9. The molecule has 0 aliphatic carbocycles. The van der Waals surface area contributed by atoms with E-state index < -0.39 is 0 Å². The predicted octanol–water partition coefficient (Wildman–Crippen LogP) is 1.81. The highest BCUT2D eigenvalue weighted by Crippen LogP contribution is 2.31. The molecule has 0 bridgehead atoms. The Balaban J connectivity index is 2.44. The van der Waals surface area contributed by atoms with E-state index in [2.05, 4.69) is 30.3 Å². The van der Waals surface area contributed by atoms with Crippen LogP contribution in [-0.2, 0) is 0 Å². The van der Waals surface area contributed by atoms with E-state index in [9.17, 15) is 0 Å². The van der Waals surface area contributed by atoms with Crippen LogP contribution in [0.4, 0.5) is 0 Å². The first-order valence-corrected chi connectivity index (χ1v) is 6.97. The van der Waals surface area contributed by atoms with Crippen molar-refractivity contribution in [3.05, 3.63) is 0 Å². The van der Waals surface area contributed by atoms with Crippen LogP contribution in [0.1, 0.15) is 26.7 Å². The Hall–Kier alpha value is 0.270. The lowest BCUT2D eigenvalue weighted by Crippen LogP contribution is -2.49. The van der Waals surface area contributed by atoms with Gasteiger partial charge in [-0.1, -0.05) is 13.8 Å². The number of nitrogens with one attached hydrogen (secondary N) is 1. The van der Waals surface area contributed by atoms with Crippen LogP contribution in [0.25, 0.3) is 0 Å². The van der Waals surface area contributed by atoms with Gasteiger partial charge in [-0.05, 0) is 19.1 Å². The molecule has 0 atom stereocenters. The molecule has 1 aliphatic heterocycles. The van der Waals surface area contributed by atoms with Crippen molar-refractivity contribution in [2.24, 2.45) is 0 Å². The first kappa shape index (κ1) is 12.3. The molecular weight excluding hydrogens is 192 g/mol. The van der Waals surface area contributed by atoms with Gasteiger partial charge in [-0.2, -0.15) is 11.8 Å². The number of rotatable bonds is 5. The number of thioether (sulfide) groups is 1. The lowest BCUT2D eigenvalue weighted by molar-refractivity contribution is 0.213. The molecule has 14 heavy (non-hydrogen) atoms. The molecule has 1 N–H and O–H groups in total. The van der Waals surface area contributed by atoms with Crippen LogP contribution in [0.2, 0.25) is 0 Å². The van der Waals surface area contributed by atoms with E-state index in [-0.39, 0.29) is 0 Å². The highest BCUT2D eigenvalue weighted by atomic mass is 32.2. The molecule has 3 heteroatoms. The van der Waals surface area contributed by atoms with E-state index in [1.54, 1.807) is 0 Å². The first-order chi connectivity index (χ1) is 6.76. The summed E-state index contributed by atoms with van der Waals surface area (Å²) in [6.45, 7) is 10.7. The Kier molecular flexibility index (Phi) is 5.28. The van der Waals surface area contributed by atoms with Gasteiger partial charge in [0.15, 0.2) is 0 Å². The van der Waals surface area contributed by atoms with Crippen molar-refractivity contribution in [1.29, 1.82) is 0 Å². The molecule has 0 unspecified atom stereocenters. The van der Waals surface area contributed by atoms with Gasteiger partial charge in [0, 0.05) is 37.5 Å². The number of nitrogens with zero attached hydrogens (tertiary/aromatic N) is 1. The van der Waals surface area contributed by atoms with Crippen LogP contribution in [0.15, 0.2) is 0 Å². The fraction of sp³-hybridized carbons (Fsp3) is 1.00. The smallest absolute Gasteiger partial charge is 0.0279 e. The van der Waals surface area contributed by atoms with Crippen LogP contribution < -0.4 is 5.32 Å². The summed E-state index contributed by atoms with van der Waals surface area (Å²) in [5.41, 5.74) is 0. The number of hydrogen-bond acceptors (Lipinski definition) is 3. The molecule has 1 heterocycles.